The molecule has 1 amide bonds. The number of nitrogens with one attached hydrogen (secondary N) is 1. The molecule has 110 valence electrons. The summed E-state index contributed by atoms with van der Waals surface area (Å²) < 4.78 is 5.19. The van der Waals surface area contributed by atoms with Gasteiger partial charge in [0.2, 0.25) is 5.91 Å². The third kappa shape index (κ3) is 4.68. The molecule has 1 aromatic heterocycles. The molecule has 0 aliphatic rings. The predicted octanol–water partition coefficient (Wildman–Crippen LogP) is 2.79. The number of nitrogens with zero attached hydrogens (tertiary/aromatic N) is 1. The lowest BCUT2D eigenvalue weighted by Gasteiger charge is -2.10. The summed E-state index contributed by atoms with van der Waals surface area (Å²) in [6.07, 6.45) is 2.12. The molecule has 1 heterocycles. The van der Waals surface area contributed by atoms with Crippen LogP contribution in [0.2, 0.25) is 0 Å². The maximum absolute atomic E-state index is 11.9. The topological polar surface area (TPSA) is 77.2 Å². The van der Waals surface area contributed by atoms with Gasteiger partial charge in [-0.2, -0.15) is 0 Å². The summed E-state index contributed by atoms with van der Waals surface area (Å²) in [4.78, 5) is 16.1. The van der Waals surface area contributed by atoms with Crippen LogP contribution in [0, 0.1) is 0 Å². The molecule has 0 bridgehead atoms. The number of nitrogens with two attached hydrogens (primary N) is 1. The highest BCUT2D eigenvalue weighted by molar-refractivity contribution is 7.99. The number of anilines is 2. The van der Waals surface area contributed by atoms with Gasteiger partial charge in [0, 0.05) is 24.1 Å². The van der Waals surface area contributed by atoms with Gasteiger partial charge in [-0.3, -0.25) is 4.79 Å². The minimum absolute atomic E-state index is 0.0812. The number of amides is 1. The van der Waals surface area contributed by atoms with Crippen molar-refractivity contribution in [3.63, 3.8) is 0 Å². The number of benzene rings is 1. The van der Waals surface area contributed by atoms with E-state index in [9.17, 15) is 4.79 Å². The molecular formula is C15H17N3O2S. The van der Waals surface area contributed by atoms with Crippen molar-refractivity contribution >= 4 is 29.0 Å². The van der Waals surface area contributed by atoms with E-state index >= 15 is 0 Å². The first kappa shape index (κ1) is 15.2. The zero-order chi connectivity index (χ0) is 15.1. The van der Waals surface area contributed by atoms with Crippen molar-refractivity contribution in [2.75, 3.05) is 23.9 Å². The number of rotatable bonds is 6. The van der Waals surface area contributed by atoms with Crippen LogP contribution in [0.4, 0.5) is 11.4 Å². The molecular weight excluding hydrogens is 286 g/mol. The third-order valence-electron chi connectivity index (χ3n) is 2.71. The molecule has 5 nitrogen and oxygen atoms in total. The summed E-state index contributed by atoms with van der Waals surface area (Å²) >= 11 is 1.54. The van der Waals surface area contributed by atoms with E-state index < -0.39 is 0 Å². The van der Waals surface area contributed by atoms with Gasteiger partial charge in [-0.05, 0) is 30.3 Å². The SMILES string of the molecule is COc1ccc(N)cc1NC(=O)CCSc1ccccn1. The molecule has 0 aliphatic carbocycles. The van der Waals surface area contributed by atoms with Crippen molar-refractivity contribution in [3.8, 4) is 5.75 Å². The number of carbonyl (C=O) groups excluding carboxylic acids is 1. The van der Waals surface area contributed by atoms with E-state index in [1.807, 2.05) is 18.2 Å². The Bertz CT molecular complexity index is 605. The average Bonchev–Trinajstić information content (AvgIpc) is 2.48. The van der Waals surface area contributed by atoms with Crippen LogP contribution < -0.4 is 15.8 Å². The van der Waals surface area contributed by atoms with Crippen molar-refractivity contribution in [2.45, 2.75) is 11.4 Å². The number of aromatic nitrogens is 1. The number of carbonyl (C=O) groups is 1. The highest BCUT2D eigenvalue weighted by atomic mass is 32.2. The summed E-state index contributed by atoms with van der Waals surface area (Å²) in [5.41, 5.74) is 6.88. The van der Waals surface area contributed by atoms with Crippen LogP contribution in [-0.4, -0.2) is 23.8 Å². The lowest BCUT2D eigenvalue weighted by Crippen LogP contribution is -2.13. The Balaban J connectivity index is 1.86. The van der Waals surface area contributed by atoms with Crippen LogP contribution >= 0.6 is 11.8 Å². The number of nitrogen functional groups attached to an aromatic ring is 1. The molecule has 0 aliphatic heterocycles. The Hall–Kier alpha value is -2.21. The van der Waals surface area contributed by atoms with E-state index in [4.69, 9.17) is 10.5 Å². The van der Waals surface area contributed by atoms with E-state index in [-0.39, 0.29) is 5.91 Å². The second kappa shape index (κ2) is 7.54. The number of methoxy groups -OCH3 is 1. The first-order valence-electron chi connectivity index (χ1n) is 6.46. The van der Waals surface area contributed by atoms with Gasteiger partial charge in [0.05, 0.1) is 17.8 Å². The molecule has 3 N–H and O–H groups in total. The van der Waals surface area contributed by atoms with Gasteiger partial charge in [-0.15, -0.1) is 11.8 Å². The standard InChI is InChI=1S/C15H17N3O2S/c1-20-13-6-5-11(16)10-12(13)18-14(19)7-9-21-15-4-2-3-8-17-15/h2-6,8,10H,7,9,16H2,1H3,(H,18,19). The number of pyridine rings is 1. The summed E-state index contributed by atoms with van der Waals surface area (Å²) in [6.45, 7) is 0. The van der Waals surface area contributed by atoms with Crippen LogP contribution in [0.15, 0.2) is 47.6 Å². The maximum atomic E-state index is 11.9. The van der Waals surface area contributed by atoms with E-state index in [0.717, 1.165) is 5.03 Å². The third-order valence-corrected chi connectivity index (χ3v) is 3.66. The first-order chi connectivity index (χ1) is 10.2. The van der Waals surface area contributed by atoms with Crippen LogP contribution in [0.25, 0.3) is 0 Å². The fraction of sp³-hybridized carbons (Fsp3) is 0.200. The molecule has 0 radical (unpaired) electrons. The second-order valence-electron chi connectivity index (χ2n) is 4.27. The minimum Gasteiger partial charge on any atom is -0.495 e. The lowest BCUT2D eigenvalue weighted by atomic mass is 10.2. The Morgan fingerprint density at radius 2 is 2.24 bits per heavy atom. The molecule has 0 saturated heterocycles. The quantitative estimate of drug-likeness (QED) is 0.634. The lowest BCUT2D eigenvalue weighted by molar-refractivity contribution is -0.115. The van der Waals surface area contributed by atoms with Gasteiger partial charge in [0.25, 0.3) is 0 Å². The minimum atomic E-state index is -0.0812. The van der Waals surface area contributed by atoms with Gasteiger partial charge in [0.15, 0.2) is 0 Å². The second-order valence-corrected chi connectivity index (χ2v) is 5.39. The van der Waals surface area contributed by atoms with Gasteiger partial charge in [0.1, 0.15) is 5.75 Å². The van der Waals surface area contributed by atoms with Crippen molar-refractivity contribution in [1.29, 1.82) is 0 Å². The van der Waals surface area contributed by atoms with Crippen molar-refractivity contribution in [1.82, 2.24) is 4.98 Å². The molecule has 2 rings (SSSR count). The zero-order valence-electron chi connectivity index (χ0n) is 11.7. The van der Waals surface area contributed by atoms with Crippen LogP contribution in [-0.2, 0) is 4.79 Å². The highest BCUT2D eigenvalue weighted by Gasteiger charge is 2.08. The van der Waals surface area contributed by atoms with Crippen LogP contribution in [0.1, 0.15) is 6.42 Å². The monoisotopic (exact) mass is 303 g/mol. The van der Waals surface area contributed by atoms with Gasteiger partial charge in [-0.25, -0.2) is 4.98 Å². The average molecular weight is 303 g/mol. The summed E-state index contributed by atoms with van der Waals surface area (Å²) in [7, 11) is 1.55. The van der Waals surface area contributed by atoms with Gasteiger partial charge >= 0.3 is 0 Å². The summed E-state index contributed by atoms with van der Waals surface area (Å²) in [5.74, 6) is 1.17. The Morgan fingerprint density at radius 3 is 2.95 bits per heavy atom. The molecule has 2 aromatic rings. The van der Waals surface area contributed by atoms with E-state index in [1.165, 1.54) is 0 Å². The molecule has 21 heavy (non-hydrogen) atoms. The fourth-order valence-corrected chi connectivity index (χ4v) is 2.52. The Morgan fingerprint density at radius 1 is 1.38 bits per heavy atom. The number of ether oxygens (including phenoxy) is 1. The molecule has 0 fully saturated rings. The summed E-state index contributed by atoms with van der Waals surface area (Å²) in [5, 5.41) is 3.72. The number of hydrogen-bond donors (Lipinski definition) is 2. The van der Waals surface area contributed by atoms with Crippen molar-refractivity contribution < 1.29 is 9.53 Å². The molecule has 0 saturated carbocycles. The molecule has 0 unspecified atom stereocenters. The Kier molecular flexibility index (Phi) is 5.45. The smallest absolute Gasteiger partial charge is 0.225 e. The fourth-order valence-electron chi connectivity index (χ4n) is 1.72. The molecule has 0 atom stereocenters. The zero-order valence-corrected chi connectivity index (χ0v) is 12.5. The predicted molar refractivity (Wildman–Crippen MR) is 85.6 cm³/mol. The number of hydrogen-bond acceptors (Lipinski definition) is 5. The van der Waals surface area contributed by atoms with Crippen LogP contribution in [0.3, 0.4) is 0 Å². The normalized spacial score (nSPS) is 10.1. The Labute approximate surface area is 127 Å². The largest absolute Gasteiger partial charge is 0.495 e. The molecule has 1 aromatic carbocycles. The van der Waals surface area contributed by atoms with Crippen molar-refractivity contribution in [2.24, 2.45) is 0 Å². The van der Waals surface area contributed by atoms with Crippen molar-refractivity contribution in [3.05, 3.63) is 42.6 Å². The highest BCUT2D eigenvalue weighted by Crippen LogP contribution is 2.26. The van der Waals surface area contributed by atoms with Crippen LogP contribution in [0.5, 0.6) is 5.75 Å². The maximum Gasteiger partial charge on any atom is 0.225 e. The van der Waals surface area contributed by atoms with E-state index in [2.05, 4.69) is 10.3 Å². The van der Waals surface area contributed by atoms with E-state index in [1.54, 1.807) is 43.3 Å². The molecule has 6 heteroatoms. The number of thioether (sulfide) groups is 1. The van der Waals surface area contributed by atoms with Gasteiger partial charge in [-0.1, -0.05) is 6.07 Å². The first-order valence-corrected chi connectivity index (χ1v) is 7.45. The summed E-state index contributed by atoms with van der Waals surface area (Å²) in [6, 6.07) is 10.8. The van der Waals surface area contributed by atoms with E-state index in [0.29, 0.717) is 29.3 Å². The van der Waals surface area contributed by atoms with Gasteiger partial charge < -0.3 is 15.8 Å². The molecule has 0 spiro atoms.